The molecule has 1 amide bonds. The van der Waals surface area contributed by atoms with Crippen LogP contribution < -0.4 is 128 Å². The van der Waals surface area contributed by atoms with Crippen molar-refractivity contribution < 1.29 is 99.4 Å². The molecule has 0 atom stereocenters. The average Bonchev–Trinajstić information content (AvgIpc) is 0.773. The van der Waals surface area contributed by atoms with Gasteiger partial charge in [-0.25, -0.2) is 16.8 Å². The van der Waals surface area contributed by atoms with Gasteiger partial charge in [-0.15, -0.1) is 0 Å². The fourth-order valence-corrected chi connectivity index (χ4v) is 13.5. The summed E-state index contributed by atoms with van der Waals surface area (Å²) in [6.07, 6.45) is 2.18. The van der Waals surface area contributed by atoms with Crippen molar-refractivity contribution in [2.75, 3.05) is 203 Å². The minimum atomic E-state index is -5.27. The molecule has 0 saturated carbocycles. The van der Waals surface area contributed by atoms with E-state index in [9.17, 15) is 40.3 Å². The topological polar surface area (TPSA) is 458 Å². The molecule has 12 rings (SSSR count). The number of Topliss-reactive ketones (excluding diaryl/α,β-unsaturated/α-hetero) is 2. The van der Waals surface area contributed by atoms with Crippen LogP contribution in [-0.2, 0) is 20.2 Å². The summed E-state index contributed by atoms with van der Waals surface area (Å²) >= 11 is 0. The van der Waals surface area contributed by atoms with E-state index in [1.807, 2.05) is 0 Å². The number of nitrogens with two attached hydrogens (primary N) is 4. The first-order valence-corrected chi connectivity index (χ1v) is 35.3. The third-order valence-electron chi connectivity index (χ3n) is 17.6. The fourth-order valence-electron chi connectivity index (χ4n) is 12.3. The Kier molecular flexibility index (Phi) is 25.7. The summed E-state index contributed by atoms with van der Waals surface area (Å²) in [7, 11) is -10.5. The van der Waals surface area contributed by atoms with Crippen LogP contribution in [0.2, 0.25) is 0 Å². The van der Waals surface area contributed by atoms with Crippen molar-refractivity contribution in [3.8, 4) is 0 Å². The van der Waals surface area contributed by atoms with E-state index < -0.39 is 58.9 Å². The Hall–Kier alpha value is -7.57. The molecule has 38 heteroatoms. The molecule has 522 valence electrons. The zero-order valence-electron chi connectivity index (χ0n) is 56.2. The van der Waals surface area contributed by atoms with Crippen molar-refractivity contribution in [3.63, 3.8) is 0 Å². The van der Waals surface area contributed by atoms with Crippen molar-refractivity contribution in [2.24, 2.45) is 33.1 Å². The molecule has 0 spiro atoms. The number of aromatic nitrogens is 6. The summed E-state index contributed by atoms with van der Waals surface area (Å²) < 4.78 is 76.8. The smallest absolute Gasteiger partial charge is 0.744 e. The van der Waals surface area contributed by atoms with Crippen molar-refractivity contribution in [2.45, 2.75) is 0 Å². The van der Waals surface area contributed by atoms with Gasteiger partial charge in [-0.05, 0) is 108 Å². The number of carbonyl (C=O) groups is 3. The molecular weight excluding hydrogens is 1360 g/mol. The Labute approximate surface area is 628 Å². The normalized spacial score (nSPS) is 18.1. The van der Waals surface area contributed by atoms with Crippen LogP contribution in [-0.4, -0.2) is 261 Å². The zero-order valence-corrected chi connectivity index (χ0v) is 61.8. The molecule has 6 heterocycles. The van der Waals surface area contributed by atoms with Gasteiger partial charge in [0.15, 0.2) is 0 Å². The Morgan fingerprint density at radius 1 is 0.426 bits per heavy atom. The Bertz CT molecular complexity index is 4270. The summed E-state index contributed by atoms with van der Waals surface area (Å²) in [4.78, 5) is 86.1. The van der Waals surface area contributed by atoms with Crippen LogP contribution in [0.1, 0.15) is 42.2 Å². The number of fused-ring (bicyclic) bond motifs is 2. The number of carbonyl (C=O) groups excluding carboxylic acids is 3. The SMILES string of the molecule is NCCN1CCN(c2nc(Nc3ccc4c(c3)C=C(S(=O)(=O)[O-])C(=NNc3ccc(NC(=O)c5ccc(NN=C6C(=O)c7ccc(Nc8nc(N9CCN(CCN)CC9)nc(N9CCN(CCN)CC9)n8)cc7C=C6S(=O)(=O)[O-])cc5)cc3)C4=O)nc(N3CCN(CCN)CC3)n2)CC1.[Na+].[Na+]. The number of allylic oxidation sites excluding steroid dienone is 2. The van der Waals surface area contributed by atoms with E-state index in [2.05, 4.69) is 76.2 Å². The molecular formula is C63H77N25Na2O9S2. The van der Waals surface area contributed by atoms with Crippen LogP contribution in [0.25, 0.3) is 12.2 Å². The minimum absolute atomic E-state index is 0. The van der Waals surface area contributed by atoms with Crippen molar-refractivity contribution in [1.29, 1.82) is 0 Å². The molecule has 4 fully saturated rings. The van der Waals surface area contributed by atoms with Crippen LogP contribution >= 0.6 is 0 Å². The Morgan fingerprint density at radius 2 is 0.723 bits per heavy atom. The molecule has 0 bridgehead atoms. The van der Waals surface area contributed by atoms with Gasteiger partial charge in [-0.3, -0.25) is 44.8 Å². The summed E-state index contributed by atoms with van der Waals surface area (Å²) in [6.45, 7) is 16.9. The number of piperazine rings is 4. The average molecular weight is 1440 g/mol. The van der Waals surface area contributed by atoms with Gasteiger partial charge in [-0.1, -0.05) is 0 Å². The second-order valence-electron chi connectivity index (χ2n) is 24.2. The molecule has 6 aromatic rings. The number of nitrogens with one attached hydrogen (secondary N) is 5. The number of rotatable bonds is 24. The predicted octanol–water partition coefficient (Wildman–Crippen LogP) is -5.77. The number of anilines is 11. The fraction of sp³-hybridized carbons (Fsp3) is 0.381. The molecule has 2 aromatic heterocycles. The number of ketones is 2. The number of hydrogen-bond donors (Lipinski definition) is 9. The molecule has 0 radical (unpaired) electrons. The third-order valence-corrected chi connectivity index (χ3v) is 19.3. The molecule has 4 aromatic carbocycles. The Balaban J connectivity index is 0.00000550. The van der Waals surface area contributed by atoms with E-state index in [-0.39, 0.29) is 110 Å². The second-order valence-corrected chi connectivity index (χ2v) is 26.9. The molecule has 4 aliphatic heterocycles. The molecule has 101 heavy (non-hydrogen) atoms. The number of hydrogen-bond acceptors (Lipinski definition) is 33. The first-order valence-electron chi connectivity index (χ1n) is 32.5. The van der Waals surface area contributed by atoms with Crippen molar-refractivity contribution in [3.05, 3.63) is 123 Å². The van der Waals surface area contributed by atoms with Crippen LogP contribution in [0, 0.1) is 0 Å². The first kappa shape index (κ1) is 76.1. The number of nitrogens with zero attached hydrogens (tertiary/aromatic N) is 16. The summed E-state index contributed by atoms with van der Waals surface area (Å²) in [6, 6.07) is 21.1. The number of amides is 1. The van der Waals surface area contributed by atoms with Crippen LogP contribution in [0.5, 0.6) is 0 Å². The maximum absolute atomic E-state index is 14.0. The molecule has 2 aliphatic carbocycles. The quantitative estimate of drug-likeness (QED) is 0.0155. The van der Waals surface area contributed by atoms with Gasteiger partial charge in [0.05, 0.1) is 21.2 Å². The predicted molar refractivity (Wildman–Crippen MR) is 377 cm³/mol. The summed E-state index contributed by atoms with van der Waals surface area (Å²) in [5.41, 5.74) is 29.6. The van der Waals surface area contributed by atoms with Gasteiger partial charge >= 0.3 is 59.1 Å². The monoisotopic (exact) mass is 1440 g/mol. The summed E-state index contributed by atoms with van der Waals surface area (Å²) in [5.74, 6) is 0.170. The van der Waals surface area contributed by atoms with Crippen LogP contribution in [0.4, 0.5) is 64.1 Å². The maximum atomic E-state index is 14.0. The standard InChI is InChI=1S/C63H79N25O9S2.2Na/c64-13-17-81-21-29-85(30-22-81)60-71-58(72-61(75-60)86-31-23-82(18-14-65)24-32-86)69-47-9-11-49-42(37-47)39-51(98(92,93)94)53(55(49)89)79-77-45-3-1-41(2-4-45)57(91)68-44-5-7-46(8-6-44)78-80-54-52(99(95,96)97)40-43-38-48(10-12-50(43)56(54)90)70-59-73-62(87-33-25-83(19-15-66)26-34-87)76-63(74-59)88-35-27-84(20-16-67)28-36-88;;/h1-12,37-40,77-78H,13-36,64-67H2,(H,68,91)(H,92,93,94)(H,95,96,97)(H,69,71,72,75)(H,70,73,74,76);;/q;2*+1/p-2. The van der Waals surface area contributed by atoms with Crippen LogP contribution in [0.15, 0.2) is 105 Å². The van der Waals surface area contributed by atoms with Crippen LogP contribution in [0.3, 0.4) is 0 Å². The Morgan fingerprint density at radius 3 is 1.03 bits per heavy atom. The maximum Gasteiger partial charge on any atom is 1.00 e. The molecule has 34 nitrogen and oxygen atoms in total. The van der Waals surface area contributed by atoms with Gasteiger partial charge in [-0.2, -0.15) is 40.1 Å². The summed E-state index contributed by atoms with van der Waals surface area (Å²) in [5, 5.41) is 17.4. The number of hydrazone groups is 2. The van der Waals surface area contributed by atoms with Gasteiger partial charge < -0.3 is 67.6 Å². The molecule has 0 unspecified atom stereocenters. The number of benzene rings is 4. The zero-order chi connectivity index (χ0) is 69.4. The van der Waals surface area contributed by atoms with Crippen molar-refractivity contribution in [1.82, 2.24) is 49.5 Å². The second kappa shape index (κ2) is 34.1. The van der Waals surface area contributed by atoms with E-state index >= 15 is 0 Å². The largest absolute Gasteiger partial charge is 1.00 e. The van der Waals surface area contributed by atoms with Gasteiger partial charge in [0, 0.05) is 191 Å². The van der Waals surface area contributed by atoms with E-state index in [1.165, 1.54) is 72.8 Å². The molecule has 13 N–H and O–H groups in total. The first-order chi connectivity index (χ1) is 47.8. The van der Waals surface area contributed by atoms with Gasteiger partial charge in [0.25, 0.3) is 5.91 Å². The molecule has 6 aliphatic rings. The van der Waals surface area contributed by atoms with Gasteiger partial charge in [0.1, 0.15) is 31.7 Å². The van der Waals surface area contributed by atoms with E-state index in [1.54, 1.807) is 12.1 Å². The van der Waals surface area contributed by atoms with Gasteiger partial charge in [0.2, 0.25) is 47.3 Å². The van der Waals surface area contributed by atoms with E-state index in [4.69, 9.17) is 52.8 Å². The minimum Gasteiger partial charge on any atom is -0.744 e. The van der Waals surface area contributed by atoms with Crippen molar-refractivity contribution >= 4 is 125 Å². The van der Waals surface area contributed by atoms with E-state index in [0.717, 1.165) is 90.7 Å². The third kappa shape index (κ3) is 18.8. The molecule has 4 saturated heterocycles. The van der Waals surface area contributed by atoms with E-state index in [0.29, 0.717) is 119 Å².